The van der Waals surface area contributed by atoms with Crippen LogP contribution >= 0.6 is 11.3 Å². The van der Waals surface area contributed by atoms with E-state index in [0.717, 1.165) is 11.3 Å². The molecule has 2 rings (SSSR count). The first-order chi connectivity index (χ1) is 6.57. The lowest BCUT2D eigenvalue weighted by atomic mass is 10.4. The molecule has 14 heavy (non-hydrogen) atoms. The lowest BCUT2D eigenvalue weighted by Crippen LogP contribution is -1.94. The molecule has 0 bridgehead atoms. The van der Waals surface area contributed by atoms with E-state index in [4.69, 9.17) is 9.47 Å². The number of hydrogen-bond acceptors (Lipinski definition) is 5. The summed E-state index contributed by atoms with van der Waals surface area (Å²) in [6.45, 7) is 0.945. The average Bonchev–Trinajstić information content (AvgIpc) is 2.73. The molecule has 0 saturated carbocycles. The summed E-state index contributed by atoms with van der Waals surface area (Å²) < 4.78 is 43.8. The first-order valence-electron chi connectivity index (χ1n) is 3.84. The van der Waals surface area contributed by atoms with Gasteiger partial charge in [-0.05, 0) is 6.07 Å². The van der Waals surface area contributed by atoms with Gasteiger partial charge in [0.1, 0.15) is 4.90 Å². The first-order valence-corrected chi connectivity index (χ1v) is 6.10. The fourth-order valence-electron chi connectivity index (χ4n) is 1.11. The highest BCUT2D eigenvalue weighted by Crippen LogP contribution is 2.30. The van der Waals surface area contributed by atoms with Crippen molar-refractivity contribution in [1.82, 2.24) is 0 Å². The molecule has 0 radical (unpaired) electrons. The Morgan fingerprint density at radius 2 is 2.07 bits per heavy atom. The number of ether oxygens (including phenoxy) is 2. The van der Waals surface area contributed by atoms with E-state index in [-0.39, 0.29) is 4.90 Å². The van der Waals surface area contributed by atoms with Crippen LogP contribution in [0.15, 0.2) is 16.3 Å². The molecule has 1 saturated heterocycles. The average molecular weight is 238 g/mol. The van der Waals surface area contributed by atoms with Crippen LogP contribution in [0.2, 0.25) is 0 Å². The molecule has 78 valence electrons. The summed E-state index contributed by atoms with van der Waals surface area (Å²) in [5, 5.41) is 1.23. The van der Waals surface area contributed by atoms with Gasteiger partial charge in [0.2, 0.25) is 0 Å². The molecule has 1 aromatic rings. The molecule has 0 spiro atoms. The summed E-state index contributed by atoms with van der Waals surface area (Å²) in [6.07, 6.45) is -0.546. The molecule has 1 aliphatic rings. The molecule has 0 amide bonds. The quantitative estimate of drug-likeness (QED) is 0.732. The molecule has 1 fully saturated rings. The van der Waals surface area contributed by atoms with E-state index in [2.05, 4.69) is 0 Å². The Morgan fingerprint density at radius 3 is 2.57 bits per heavy atom. The smallest absolute Gasteiger partial charge is 0.332 e. The van der Waals surface area contributed by atoms with Gasteiger partial charge in [0.05, 0.1) is 18.1 Å². The highest BCUT2D eigenvalue weighted by molar-refractivity contribution is 7.86. The Balaban J connectivity index is 2.25. The van der Waals surface area contributed by atoms with Crippen molar-refractivity contribution in [3.63, 3.8) is 0 Å². The first kappa shape index (κ1) is 10.0. The molecule has 1 aliphatic heterocycles. The van der Waals surface area contributed by atoms with Crippen molar-refractivity contribution in [3.8, 4) is 0 Å². The topological polar surface area (TPSA) is 52.6 Å². The van der Waals surface area contributed by atoms with Crippen molar-refractivity contribution in [2.45, 2.75) is 11.2 Å². The van der Waals surface area contributed by atoms with Crippen molar-refractivity contribution in [2.24, 2.45) is 0 Å². The number of thiophene rings is 1. The van der Waals surface area contributed by atoms with E-state index >= 15 is 0 Å². The van der Waals surface area contributed by atoms with Gasteiger partial charge in [-0.3, -0.25) is 0 Å². The van der Waals surface area contributed by atoms with Crippen LogP contribution in [-0.4, -0.2) is 21.6 Å². The molecule has 2 heterocycles. The Kier molecular flexibility index (Phi) is 2.56. The van der Waals surface area contributed by atoms with Crippen molar-refractivity contribution >= 4 is 21.6 Å². The Hall–Kier alpha value is -0.500. The zero-order valence-corrected chi connectivity index (χ0v) is 8.61. The van der Waals surface area contributed by atoms with E-state index in [1.54, 1.807) is 0 Å². The van der Waals surface area contributed by atoms with Crippen molar-refractivity contribution in [2.75, 3.05) is 13.2 Å². The van der Waals surface area contributed by atoms with E-state index in [1.165, 1.54) is 11.4 Å². The maximum absolute atomic E-state index is 12.5. The number of rotatable bonds is 2. The minimum atomic E-state index is -4.61. The predicted molar refractivity (Wildman–Crippen MR) is 47.3 cm³/mol. The fraction of sp³-hybridized carbons (Fsp3) is 0.429. The standard InChI is InChI=1S/C7H7FO4S2/c8-14(9,10)5-3-6(13-4-5)7-11-1-2-12-7/h3-4,7H,1-2H2. The van der Waals surface area contributed by atoms with Crippen LogP contribution in [0.1, 0.15) is 11.2 Å². The zero-order chi connectivity index (χ0) is 10.2. The van der Waals surface area contributed by atoms with Crippen LogP contribution in [0.3, 0.4) is 0 Å². The zero-order valence-electron chi connectivity index (χ0n) is 6.97. The molecule has 0 unspecified atom stereocenters. The van der Waals surface area contributed by atoms with Crippen LogP contribution in [0, 0.1) is 0 Å². The normalized spacial score (nSPS) is 18.9. The minimum Gasteiger partial charge on any atom is -0.345 e. The number of hydrogen-bond donors (Lipinski definition) is 0. The largest absolute Gasteiger partial charge is 0.345 e. The van der Waals surface area contributed by atoms with Crippen molar-refractivity contribution in [3.05, 3.63) is 16.3 Å². The van der Waals surface area contributed by atoms with Gasteiger partial charge in [0.25, 0.3) is 0 Å². The van der Waals surface area contributed by atoms with Gasteiger partial charge in [0, 0.05) is 5.38 Å². The Morgan fingerprint density at radius 1 is 1.43 bits per heavy atom. The molecule has 0 N–H and O–H groups in total. The molecule has 1 aromatic heterocycles. The van der Waals surface area contributed by atoms with Crippen molar-refractivity contribution in [1.29, 1.82) is 0 Å². The maximum Gasteiger partial charge on any atom is 0.332 e. The third kappa shape index (κ3) is 1.95. The van der Waals surface area contributed by atoms with Gasteiger partial charge < -0.3 is 9.47 Å². The second kappa shape index (κ2) is 3.58. The minimum absolute atomic E-state index is 0.336. The Labute approximate surface area is 84.5 Å². The van der Waals surface area contributed by atoms with Crippen LogP contribution < -0.4 is 0 Å². The van der Waals surface area contributed by atoms with Crippen LogP contribution in [-0.2, 0) is 19.7 Å². The third-order valence-electron chi connectivity index (χ3n) is 1.73. The highest BCUT2D eigenvalue weighted by atomic mass is 32.3. The third-order valence-corrected chi connectivity index (χ3v) is 3.63. The van der Waals surface area contributed by atoms with Crippen LogP contribution in [0.4, 0.5) is 3.89 Å². The molecule has 4 nitrogen and oxygen atoms in total. The monoisotopic (exact) mass is 238 g/mol. The summed E-state index contributed by atoms with van der Waals surface area (Å²) in [5.74, 6) is 0. The van der Waals surface area contributed by atoms with Gasteiger partial charge in [-0.1, -0.05) is 0 Å². The summed E-state index contributed by atoms with van der Waals surface area (Å²) in [5.41, 5.74) is 0. The summed E-state index contributed by atoms with van der Waals surface area (Å²) >= 11 is 1.10. The van der Waals surface area contributed by atoms with Gasteiger partial charge in [-0.2, -0.15) is 8.42 Å². The maximum atomic E-state index is 12.5. The molecule has 0 atom stereocenters. The second-order valence-electron chi connectivity index (χ2n) is 2.70. The summed E-state index contributed by atoms with van der Waals surface area (Å²) in [4.78, 5) is 0.232. The van der Waals surface area contributed by atoms with E-state index < -0.39 is 16.5 Å². The lowest BCUT2D eigenvalue weighted by molar-refractivity contribution is -0.0414. The lowest BCUT2D eigenvalue weighted by Gasteiger charge is -2.03. The predicted octanol–water partition coefficient (Wildman–Crippen LogP) is 1.45. The van der Waals surface area contributed by atoms with E-state index in [1.807, 2.05) is 0 Å². The molecule has 7 heteroatoms. The van der Waals surface area contributed by atoms with Gasteiger partial charge >= 0.3 is 10.2 Å². The van der Waals surface area contributed by atoms with E-state index in [9.17, 15) is 12.3 Å². The van der Waals surface area contributed by atoms with Gasteiger partial charge in [-0.15, -0.1) is 15.2 Å². The molecular weight excluding hydrogens is 231 g/mol. The second-order valence-corrected chi connectivity index (χ2v) is 4.99. The van der Waals surface area contributed by atoms with Gasteiger partial charge in [0.15, 0.2) is 6.29 Å². The SMILES string of the molecule is O=S(=O)(F)c1csc(C2OCCO2)c1. The van der Waals surface area contributed by atoms with Crippen LogP contribution in [0.25, 0.3) is 0 Å². The summed E-state index contributed by atoms with van der Waals surface area (Å²) in [7, 11) is -4.61. The van der Waals surface area contributed by atoms with E-state index in [0.29, 0.717) is 18.1 Å². The number of halogens is 1. The van der Waals surface area contributed by atoms with Crippen molar-refractivity contribution < 1.29 is 21.8 Å². The molecule has 0 aromatic carbocycles. The highest BCUT2D eigenvalue weighted by Gasteiger charge is 2.23. The van der Waals surface area contributed by atoms with Gasteiger partial charge in [-0.25, -0.2) is 0 Å². The molecule has 0 aliphatic carbocycles. The molecular formula is C7H7FO4S2. The summed E-state index contributed by atoms with van der Waals surface area (Å²) in [6, 6.07) is 1.23. The Bertz CT molecular complexity index is 419. The van der Waals surface area contributed by atoms with Crippen LogP contribution in [0.5, 0.6) is 0 Å². The fourth-order valence-corrected chi connectivity index (χ4v) is 2.82.